The van der Waals surface area contributed by atoms with Gasteiger partial charge >= 0.3 is 0 Å². The van der Waals surface area contributed by atoms with Crippen LogP contribution in [-0.2, 0) is 22.0 Å². The summed E-state index contributed by atoms with van der Waals surface area (Å²) >= 11 is 0. The third-order valence-electron chi connectivity index (χ3n) is 3.32. The van der Waals surface area contributed by atoms with E-state index in [2.05, 4.69) is 6.92 Å². The molecule has 0 atom stereocenters. The van der Waals surface area contributed by atoms with E-state index in [0.29, 0.717) is 16.1 Å². The molecule has 0 saturated heterocycles. The molecule has 0 unspecified atom stereocenters. The third kappa shape index (κ3) is 3.20. The molecule has 2 N–H and O–H groups in total. The standard InChI is InChI=1S/C16H19NO2S/c1-3-13-4-6-14(7-5-13)11-20(18,19)16-9-8-15(17)10-12(16)2/h4-10H,3,11,17H2,1-2H3. The van der Waals surface area contributed by atoms with Crippen molar-refractivity contribution in [3.05, 3.63) is 59.2 Å². The Morgan fingerprint density at radius 3 is 2.15 bits per heavy atom. The van der Waals surface area contributed by atoms with Gasteiger partial charge in [0, 0.05) is 5.69 Å². The third-order valence-corrected chi connectivity index (χ3v) is 5.16. The first-order valence-electron chi connectivity index (χ1n) is 6.59. The lowest BCUT2D eigenvalue weighted by Crippen LogP contribution is -2.07. The van der Waals surface area contributed by atoms with Crippen molar-refractivity contribution in [2.45, 2.75) is 30.9 Å². The first kappa shape index (κ1) is 14.6. The van der Waals surface area contributed by atoms with Gasteiger partial charge < -0.3 is 5.73 Å². The van der Waals surface area contributed by atoms with E-state index in [1.54, 1.807) is 25.1 Å². The number of hydrogen-bond acceptors (Lipinski definition) is 3. The minimum Gasteiger partial charge on any atom is -0.399 e. The van der Waals surface area contributed by atoms with Crippen LogP contribution in [0.2, 0.25) is 0 Å². The highest BCUT2D eigenvalue weighted by molar-refractivity contribution is 7.90. The van der Waals surface area contributed by atoms with Crippen LogP contribution < -0.4 is 5.73 Å². The highest BCUT2D eigenvalue weighted by Crippen LogP contribution is 2.22. The average molecular weight is 289 g/mol. The van der Waals surface area contributed by atoms with Crippen molar-refractivity contribution in [1.82, 2.24) is 0 Å². The van der Waals surface area contributed by atoms with Gasteiger partial charge in [-0.25, -0.2) is 8.42 Å². The second-order valence-corrected chi connectivity index (χ2v) is 6.91. The molecule has 0 aliphatic rings. The average Bonchev–Trinajstić information content (AvgIpc) is 2.38. The molecule has 106 valence electrons. The zero-order valence-corrected chi connectivity index (χ0v) is 12.6. The number of sulfone groups is 1. The normalized spacial score (nSPS) is 11.5. The van der Waals surface area contributed by atoms with Gasteiger partial charge in [0.05, 0.1) is 10.6 Å². The SMILES string of the molecule is CCc1ccc(CS(=O)(=O)c2ccc(N)cc2C)cc1. The van der Waals surface area contributed by atoms with Crippen LogP contribution >= 0.6 is 0 Å². The number of hydrogen-bond donors (Lipinski definition) is 1. The van der Waals surface area contributed by atoms with Crippen molar-refractivity contribution in [3.63, 3.8) is 0 Å². The maximum absolute atomic E-state index is 12.4. The predicted octanol–water partition coefficient (Wildman–Crippen LogP) is 3.11. The van der Waals surface area contributed by atoms with Gasteiger partial charge in [0.15, 0.2) is 9.84 Å². The molecule has 0 aromatic heterocycles. The van der Waals surface area contributed by atoms with Gasteiger partial charge in [-0.1, -0.05) is 31.2 Å². The predicted molar refractivity (Wildman–Crippen MR) is 82.3 cm³/mol. The van der Waals surface area contributed by atoms with Crippen LogP contribution in [0.1, 0.15) is 23.6 Å². The van der Waals surface area contributed by atoms with Gasteiger partial charge in [0.2, 0.25) is 0 Å². The molecule has 0 aliphatic heterocycles. The number of nitrogens with two attached hydrogens (primary N) is 1. The van der Waals surface area contributed by atoms with E-state index in [1.165, 1.54) is 5.56 Å². The fourth-order valence-corrected chi connectivity index (χ4v) is 3.80. The fraction of sp³-hybridized carbons (Fsp3) is 0.250. The Hall–Kier alpha value is -1.81. The zero-order valence-electron chi connectivity index (χ0n) is 11.8. The molecular formula is C16H19NO2S. The molecule has 0 radical (unpaired) electrons. The smallest absolute Gasteiger partial charge is 0.182 e. The Bertz CT molecular complexity index is 704. The molecule has 0 amide bonds. The van der Waals surface area contributed by atoms with E-state index in [1.807, 2.05) is 24.3 Å². The van der Waals surface area contributed by atoms with Crippen LogP contribution in [0.4, 0.5) is 5.69 Å². The molecular weight excluding hydrogens is 270 g/mol. The van der Waals surface area contributed by atoms with E-state index in [4.69, 9.17) is 5.73 Å². The van der Waals surface area contributed by atoms with E-state index in [9.17, 15) is 8.42 Å². The first-order valence-corrected chi connectivity index (χ1v) is 8.24. The molecule has 0 heterocycles. The van der Waals surface area contributed by atoms with Crippen molar-refractivity contribution in [1.29, 1.82) is 0 Å². The van der Waals surface area contributed by atoms with Gasteiger partial charge in [-0.3, -0.25) is 0 Å². The monoisotopic (exact) mass is 289 g/mol. The summed E-state index contributed by atoms with van der Waals surface area (Å²) in [7, 11) is -3.34. The molecule has 2 aromatic carbocycles. The van der Waals surface area contributed by atoms with Gasteiger partial charge in [-0.05, 0) is 48.2 Å². The molecule has 0 bridgehead atoms. The highest BCUT2D eigenvalue weighted by atomic mass is 32.2. The molecule has 0 saturated carbocycles. The molecule has 2 aromatic rings. The number of rotatable bonds is 4. The van der Waals surface area contributed by atoms with E-state index < -0.39 is 9.84 Å². The fourth-order valence-electron chi connectivity index (χ4n) is 2.19. The summed E-state index contributed by atoms with van der Waals surface area (Å²) in [6.45, 7) is 3.84. The van der Waals surface area contributed by atoms with Gasteiger partial charge in [-0.2, -0.15) is 0 Å². The molecule has 2 rings (SSSR count). The Labute approximate surface area is 120 Å². The Morgan fingerprint density at radius 1 is 1.00 bits per heavy atom. The minimum atomic E-state index is -3.34. The lowest BCUT2D eigenvalue weighted by Gasteiger charge is -2.09. The molecule has 0 spiro atoms. The Kier molecular flexibility index (Phi) is 4.14. The van der Waals surface area contributed by atoms with Crippen molar-refractivity contribution < 1.29 is 8.42 Å². The van der Waals surface area contributed by atoms with Crippen LogP contribution in [-0.4, -0.2) is 8.42 Å². The number of anilines is 1. The second kappa shape index (κ2) is 5.67. The van der Waals surface area contributed by atoms with Crippen LogP contribution in [0, 0.1) is 6.92 Å². The summed E-state index contributed by atoms with van der Waals surface area (Å²) in [5.74, 6) is 0.0156. The molecule has 20 heavy (non-hydrogen) atoms. The van der Waals surface area contributed by atoms with Crippen LogP contribution in [0.15, 0.2) is 47.4 Å². The first-order chi connectivity index (χ1) is 9.42. The summed E-state index contributed by atoms with van der Waals surface area (Å²) in [6.07, 6.45) is 0.949. The lowest BCUT2D eigenvalue weighted by atomic mass is 10.1. The summed E-state index contributed by atoms with van der Waals surface area (Å²) in [6, 6.07) is 12.6. The molecule has 4 heteroatoms. The topological polar surface area (TPSA) is 60.2 Å². The number of aryl methyl sites for hydroxylation is 2. The van der Waals surface area contributed by atoms with Crippen molar-refractivity contribution in [2.75, 3.05) is 5.73 Å². The van der Waals surface area contributed by atoms with Crippen LogP contribution in [0.3, 0.4) is 0 Å². The van der Waals surface area contributed by atoms with Crippen LogP contribution in [0.5, 0.6) is 0 Å². The molecule has 0 aliphatic carbocycles. The largest absolute Gasteiger partial charge is 0.399 e. The van der Waals surface area contributed by atoms with E-state index >= 15 is 0 Å². The Morgan fingerprint density at radius 2 is 1.60 bits per heavy atom. The summed E-state index contributed by atoms with van der Waals surface area (Å²) in [4.78, 5) is 0.353. The minimum absolute atomic E-state index is 0.0156. The highest BCUT2D eigenvalue weighted by Gasteiger charge is 2.17. The van der Waals surface area contributed by atoms with Crippen molar-refractivity contribution in [2.24, 2.45) is 0 Å². The lowest BCUT2D eigenvalue weighted by molar-refractivity contribution is 0.594. The van der Waals surface area contributed by atoms with Gasteiger partial charge in [0.1, 0.15) is 0 Å². The second-order valence-electron chi connectivity index (χ2n) is 4.95. The van der Waals surface area contributed by atoms with Gasteiger partial charge in [0.25, 0.3) is 0 Å². The Balaban J connectivity index is 2.30. The summed E-state index contributed by atoms with van der Waals surface area (Å²) in [5.41, 5.74) is 8.94. The maximum Gasteiger partial charge on any atom is 0.182 e. The van der Waals surface area contributed by atoms with E-state index in [-0.39, 0.29) is 5.75 Å². The number of benzene rings is 2. The molecule has 3 nitrogen and oxygen atoms in total. The quantitative estimate of drug-likeness (QED) is 0.880. The molecule has 0 fully saturated rings. The summed E-state index contributed by atoms with van der Waals surface area (Å²) in [5, 5.41) is 0. The number of nitrogen functional groups attached to an aromatic ring is 1. The van der Waals surface area contributed by atoms with Crippen molar-refractivity contribution >= 4 is 15.5 Å². The van der Waals surface area contributed by atoms with Crippen LogP contribution in [0.25, 0.3) is 0 Å². The van der Waals surface area contributed by atoms with Gasteiger partial charge in [-0.15, -0.1) is 0 Å². The van der Waals surface area contributed by atoms with Crippen molar-refractivity contribution in [3.8, 4) is 0 Å². The summed E-state index contributed by atoms with van der Waals surface area (Å²) < 4.78 is 24.9. The van der Waals surface area contributed by atoms with E-state index in [0.717, 1.165) is 12.0 Å². The maximum atomic E-state index is 12.4. The zero-order chi connectivity index (χ0) is 14.8.